The van der Waals surface area contributed by atoms with Gasteiger partial charge in [0.15, 0.2) is 0 Å². The Morgan fingerprint density at radius 1 is 1.38 bits per heavy atom. The van der Waals surface area contributed by atoms with Gasteiger partial charge in [-0.15, -0.1) is 0 Å². The van der Waals surface area contributed by atoms with Crippen molar-refractivity contribution in [1.29, 1.82) is 0 Å². The Morgan fingerprint density at radius 3 is 2.75 bits per heavy atom. The quantitative estimate of drug-likeness (QED) is 0.849. The molecule has 0 aliphatic carbocycles. The second-order valence-corrected chi connectivity index (χ2v) is 4.23. The first kappa shape index (κ1) is 11.4. The number of ether oxygens (including phenoxy) is 2. The van der Waals surface area contributed by atoms with E-state index in [0.29, 0.717) is 12.6 Å². The second kappa shape index (κ2) is 5.32. The van der Waals surface area contributed by atoms with Crippen molar-refractivity contribution in [3.8, 4) is 5.75 Å². The van der Waals surface area contributed by atoms with Crippen LogP contribution in [-0.4, -0.2) is 19.3 Å². The van der Waals surface area contributed by atoms with Gasteiger partial charge in [0.25, 0.3) is 0 Å². The Bertz CT molecular complexity index is 346. The minimum absolute atomic E-state index is 0.302. The van der Waals surface area contributed by atoms with E-state index in [0.717, 1.165) is 42.9 Å². The van der Waals surface area contributed by atoms with Crippen LogP contribution in [0.3, 0.4) is 0 Å². The fraction of sp³-hybridized carbons (Fsp3) is 0.538. The van der Waals surface area contributed by atoms with E-state index >= 15 is 0 Å². The van der Waals surface area contributed by atoms with Gasteiger partial charge >= 0.3 is 0 Å². The molecular formula is C13H19NO2. The van der Waals surface area contributed by atoms with Crippen molar-refractivity contribution in [2.45, 2.75) is 32.4 Å². The smallest absolute Gasteiger partial charge is 0.122 e. The molecule has 88 valence electrons. The van der Waals surface area contributed by atoms with Gasteiger partial charge in [0.2, 0.25) is 0 Å². The summed E-state index contributed by atoms with van der Waals surface area (Å²) < 4.78 is 11.3. The fourth-order valence-corrected chi connectivity index (χ4v) is 1.94. The molecule has 0 spiro atoms. The molecule has 3 nitrogen and oxygen atoms in total. The zero-order valence-corrected chi connectivity index (χ0v) is 9.74. The van der Waals surface area contributed by atoms with Gasteiger partial charge in [-0.1, -0.05) is 12.1 Å². The van der Waals surface area contributed by atoms with Crippen LogP contribution < -0.4 is 10.5 Å². The molecule has 1 saturated heterocycles. The molecule has 3 heteroatoms. The Kier molecular flexibility index (Phi) is 3.80. The molecule has 1 aromatic carbocycles. The summed E-state index contributed by atoms with van der Waals surface area (Å²) in [5, 5.41) is 0. The molecule has 2 N–H and O–H groups in total. The largest absolute Gasteiger partial charge is 0.490 e. The molecule has 0 bridgehead atoms. The Hall–Kier alpha value is -1.06. The fourth-order valence-electron chi connectivity index (χ4n) is 1.94. The summed E-state index contributed by atoms with van der Waals surface area (Å²) in [6.07, 6.45) is 2.27. The molecule has 0 saturated carbocycles. The van der Waals surface area contributed by atoms with Gasteiger partial charge in [-0.3, -0.25) is 0 Å². The van der Waals surface area contributed by atoms with Crippen LogP contribution in [0.15, 0.2) is 18.2 Å². The van der Waals surface area contributed by atoms with Crippen LogP contribution in [0.25, 0.3) is 0 Å². The average Bonchev–Trinajstić information content (AvgIpc) is 2.33. The third kappa shape index (κ3) is 2.74. The molecule has 16 heavy (non-hydrogen) atoms. The van der Waals surface area contributed by atoms with Crippen molar-refractivity contribution < 1.29 is 9.47 Å². The third-order valence-corrected chi connectivity index (χ3v) is 2.94. The molecule has 0 aromatic heterocycles. The van der Waals surface area contributed by atoms with Crippen LogP contribution >= 0.6 is 0 Å². The minimum Gasteiger partial charge on any atom is -0.490 e. The first-order chi connectivity index (χ1) is 7.79. The van der Waals surface area contributed by atoms with E-state index in [1.807, 2.05) is 12.1 Å². The first-order valence-electron chi connectivity index (χ1n) is 5.83. The molecule has 0 unspecified atom stereocenters. The van der Waals surface area contributed by atoms with E-state index in [1.165, 1.54) is 0 Å². The average molecular weight is 221 g/mol. The molecule has 0 radical (unpaired) electrons. The van der Waals surface area contributed by atoms with Gasteiger partial charge in [-0.25, -0.2) is 0 Å². The van der Waals surface area contributed by atoms with E-state index in [1.54, 1.807) is 0 Å². The monoisotopic (exact) mass is 221 g/mol. The highest BCUT2D eigenvalue weighted by Crippen LogP contribution is 2.23. The number of hydrogen-bond donors (Lipinski definition) is 1. The highest BCUT2D eigenvalue weighted by Gasteiger charge is 2.15. The Balaban J connectivity index is 2.03. The predicted molar refractivity (Wildman–Crippen MR) is 63.5 cm³/mol. The van der Waals surface area contributed by atoms with E-state index in [2.05, 4.69) is 13.0 Å². The van der Waals surface area contributed by atoms with E-state index in [-0.39, 0.29) is 0 Å². The summed E-state index contributed by atoms with van der Waals surface area (Å²) in [7, 11) is 0. The number of hydrogen-bond acceptors (Lipinski definition) is 3. The van der Waals surface area contributed by atoms with Crippen LogP contribution in [0.1, 0.15) is 24.0 Å². The number of benzene rings is 1. The molecule has 1 heterocycles. The van der Waals surface area contributed by atoms with Gasteiger partial charge < -0.3 is 15.2 Å². The lowest BCUT2D eigenvalue weighted by atomic mass is 10.1. The van der Waals surface area contributed by atoms with Gasteiger partial charge in [-0.2, -0.15) is 0 Å². The maximum Gasteiger partial charge on any atom is 0.122 e. The first-order valence-corrected chi connectivity index (χ1v) is 5.83. The maximum atomic E-state index is 5.96. The van der Waals surface area contributed by atoms with Gasteiger partial charge in [0.1, 0.15) is 11.9 Å². The van der Waals surface area contributed by atoms with Gasteiger partial charge in [0.05, 0.1) is 13.2 Å². The van der Waals surface area contributed by atoms with E-state index < -0.39 is 0 Å². The summed E-state index contributed by atoms with van der Waals surface area (Å²) in [6, 6.07) is 6.14. The zero-order valence-electron chi connectivity index (χ0n) is 9.74. The number of nitrogens with two attached hydrogens (primary N) is 1. The summed E-state index contributed by atoms with van der Waals surface area (Å²) in [5.74, 6) is 0.976. The minimum atomic E-state index is 0.302. The highest BCUT2D eigenvalue weighted by atomic mass is 16.5. The molecular weight excluding hydrogens is 202 g/mol. The molecule has 1 aliphatic rings. The summed E-state index contributed by atoms with van der Waals surface area (Å²) in [5.41, 5.74) is 7.91. The van der Waals surface area contributed by atoms with Crippen molar-refractivity contribution in [2.75, 3.05) is 13.2 Å². The Labute approximate surface area is 96.5 Å². The van der Waals surface area contributed by atoms with E-state index in [9.17, 15) is 0 Å². The molecule has 1 aliphatic heterocycles. The second-order valence-electron chi connectivity index (χ2n) is 4.23. The van der Waals surface area contributed by atoms with Crippen LogP contribution in [0, 0.1) is 6.92 Å². The van der Waals surface area contributed by atoms with Gasteiger partial charge in [-0.05, 0) is 24.1 Å². The standard InChI is InChI=1S/C13H19NO2/c1-10-8-11(9-14)2-3-13(10)16-12-4-6-15-7-5-12/h2-3,8,12H,4-7,9,14H2,1H3. The third-order valence-electron chi connectivity index (χ3n) is 2.94. The highest BCUT2D eigenvalue weighted by molar-refractivity contribution is 5.36. The normalized spacial score (nSPS) is 17.4. The summed E-state index contributed by atoms with van der Waals surface area (Å²) in [4.78, 5) is 0. The van der Waals surface area contributed by atoms with Crippen molar-refractivity contribution in [3.63, 3.8) is 0 Å². The lowest BCUT2D eigenvalue weighted by Crippen LogP contribution is -2.26. The van der Waals surface area contributed by atoms with Gasteiger partial charge in [0, 0.05) is 19.4 Å². The molecule has 0 amide bonds. The molecule has 0 atom stereocenters. The number of rotatable bonds is 3. The van der Waals surface area contributed by atoms with Crippen LogP contribution in [0.2, 0.25) is 0 Å². The van der Waals surface area contributed by atoms with Crippen molar-refractivity contribution in [1.82, 2.24) is 0 Å². The van der Waals surface area contributed by atoms with Crippen molar-refractivity contribution in [2.24, 2.45) is 5.73 Å². The molecule has 1 aromatic rings. The van der Waals surface area contributed by atoms with Crippen LogP contribution in [0.4, 0.5) is 0 Å². The lowest BCUT2D eigenvalue weighted by Gasteiger charge is -2.24. The Morgan fingerprint density at radius 2 is 2.12 bits per heavy atom. The lowest BCUT2D eigenvalue weighted by molar-refractivity contribution is 0.0253. The summed E-state index contributed by atoms with van der Waals surface area (Å²) >= 11 is 0. The maximum absolute atomic E-state index is 5.96. The summed E-state index contributed by atoms with van der Waals surface area (Å²) in [6.45, 7) is 4.27. The van der Waals surface area contributed by atoms with Crippen molar-refractivity contribution >= 4 is 0 Å². The van der Waals surface area contributed by atoms with Crippen LogP contribution in [0.5, 0.6) is 5.75 Å². The zero-order chi connectivity index (χ0) is 11.4. The SMILES string of the molecule is Cc1cc(CN)ccc1OC1CCOCC1. The molecule has 1 fully saturated rings. The molecule has 2 rings (SSSR count). The van der Waals surface area contributed by atoms with Crippen LogP contribution in [-0.2, 0) is 11.3 Å². The number of aryl methyl sites for hydroxylation is 1. The van der Waals surface area contributed by atoms with E-state index in [4.69, 9.17) is 15.2 Å². The van der Waals surface area contributed by atoms with Crippen molar-refractivity contribution in [3.05, 3.63) is 29.3 Å². The predicted octanol–water partition coefficient (Wildman–Crippen LogP) is 2.01. The topological polar surface area (TPSA) is 44.5 Å².